The van der Waals surface area contributed by atoms with E-state index in [1.807, 2.05) is 76.4 Å². The number of hydrogen-bond acceptors (Lipinski definition) is 4. The van der Waals surface area contributed by atoms with Crippen molar-refractivity contribution in [1.29, 1.82) is 0 Å². The number of amides is 1. The molecule has 36 heavy (non-hydrogen) atoms. The van der Waals surface area contributed by atoms with Crippen molar-refractivity contribution in [1.82, 2.24) is 10.3 Å². The average Bonchev–Trinajstić information content (AvgIpc) is 3.18. The van der Waals surface area contributed by atoms with Crippen molar-refractivity contribution in [3.63, 3.8) is 0 Å². The van der Waals surface area contributed by atoms with E-state index in [9.17, 15) is 9.59 Å². The van der Waals surface area contributed by atoms with Gasteiger partial charge in [0.2, 0.25) is 5.91 Å². The van der Waals surface area contributed by atoms with E-state index in [1.54, 1.807) is 0 Å². The summed E-state index contributed by atoms with van der Waals surface area (Å²) in [6, 6.07) is 13.8. The molecule has 194 valence electrons. The maximum Gasteiger partial charge on any atom is 0.306 e. The second-order valence-corrected chi connectivity index (χ2v) is 10.7. The fraction of sp³-hybridized carbons (Fsp3) is 0.467. The van der Waals surface area contributed by atoms with Gasteiger partial charge in [0.05, 0.1) is 19.1 Å². The van der Waals surface area contributed by atoms with Crippen LogP contribution >= 0.6 is 0 Å². The number of ether oxygens (including phenoxy) is 2. The summed E-state index contributed by atoms with van der Waals surface area (Å²) in [5.41, 5.74) is 3.48. The van der Waals surface area contributed by atoms with Crippen molar-refractivity contribution in [3.8, 4) is 5.75 Å². The Morgan fingerprint density at radius 3 is 2.53 bits per heavy atom. The van der Waals surface area contributed by atoms with Gasteiger partial charge in [0, 0.05) is 29.1 Å². The molecule has 0 radical (unpaired) electrons. The predicted octanol–water partition coefficient (Wildman–Crippen LogP) is 6.29. The van der Waals surface area contributed by atoms with Crippen LogP contribution in [0.3, 0.4) is 0 Å². The minimum absolute atomic E-state index is 0.0304. The van der Waals surface area contributed by atoms with Gasteiger partial charge in [-0.25, -0.2) is 0 Å². The summed E-state index contributed by atoms with van der Waals surface area (Å²) in [5.74, 6) is 0.982. The lowest BCUT2D eigenvalue weighted by Crippen LogP contribution is -2.31. The zero-order valence-electron chi connectivity index (χ0n) is 22.4. The van der Waals surface area contributed by atoms with Crippen LogP contribution in [0.5, 0.6) is 5.75 Å². The van der Waals surface area contributed by atoms with Gasteiger partial charge in [-0.05, 0) is 75.8 Å². The summed E-state index contributed by atoms with van der Waals surface area (Å²) < 4.78 is 11.3. The first-order valence-corrected chi connectivity index (χ1v) is 12.9. The van der Waals surface area contributed by atoms with Gasteiger partial charge in [-0.2, -0.15) is 0 Å². The molecule has 3 rings (SSSR count). The molecule has 2 aromatic carbocycles. The van der Waals surface area contributed by atoms with Crippen LogP contribution < -0.4 is 10.1 Å². The Morgan fingerprint density at radius 1 is 1.08 bits per heavy atom. The number of aryl methyl sites for hydroxylation is 1. The molecule has 0 aliphatic heterocycles. The molecular weight excluding hydrogens is 452 g/mol. The van der Waals surface area contributed by atoms with E-state index in [-0.39, 0.29) is 24.3 Å². The Bertz CT molecular complexity index is 1170. The van der Waals surface area contributed by atoms with Gasteiger partial charge in [0.25, 0.3) is 0 Å². The second-order valence-electron chi connectivity index (χ2n) is 10.7. The van der Waals surface area contributed by atoms with Crippen LogP contribution in [0.25, 0.3) is 10.9 Å². The first-order valence-electron chi connectivity index (χ1n) is 12.9. The average molecular weight is 493 g/mol. The molecule has 1 atom stereocenters. The normalized spacial score (nSPS) is 12.5. The summed E-state index contributed by atoms with van der Waals surface area (Å²) in [5, 5.41) is 4.27. The molecule has 1 heterocycles. The largest absolute Gasteiger partial charge is 0.494 e. The molecule has 0 fully saturated rings. The maximum absolute atomic E-state index is 13.1. The van der Waals surface area contributed by atoms with Gasteiger partial charge in [-0.15, -0.1) is 0 Å². The first kappa shape index (κ1) is 27.3. The van der Waals surface area contributed by atoms with Gasteiger partial charge in [-0.3, -0.25) is 9.59 Å². The summed E-state index contributed by atoms with van der Waals surface area (Å²) >= 11 is 0. The molecule has 0 saturated carbocycles. The topological polar surface area (TPSA) is 80.4 Å². The van der Waals surface area contributed by atoms with E-state index in [0.717, 1.165) is 39.8 Å². The van der Waals surface area contributed by atoms with E-state index in [4.69, 9.17) is 9.47 Å². The standard InChI is InChI=1S/C30H40N2O4/c1-7-35-27-11-9-8-10-23(27)26(16-20(2)3)32-28(33)18-21-12-14-25-24(17-21)22(19-31-25)13-15-29(34)36-30(4,5)6/h8-12,14,17,19-20,26,31H,7,13,15-16,18H2,1-6H3,(H,32,33). The monoisotopic (exact) mass is 492 g/mol. The van der Waals surface area contributed by atoms with Crippen molar-refractivity contribution in [2.45, 2.75) is 78.9 Å². The van der Waals surface area contributed by atoms with Crippen LogP contribution in [0, 0.1) is 5.92 Å². The van der Waals surface area contributed by atoms with Crippen LogP contribution in [0.4, 0.5) is 0 Å². The van der Waals surface area contributed by atoms with E-state index in [2.05, 4.69) is 24.1 Å². The Morgan fingerprint density at radius 2 is 1.83 bits per heavy atom. The number of rotatable bonds is 11. The number of benzene rings is 2. The van der Waals surface area contributed by atoms with Crippen LogP contribution in [-0.4, -0.2) is 29.1 Å². The number of nitrogens with one attached hydrogen (secondary N) is 2. The van der Waals surface area contributed by atoms with E-state index in [1.165, 1.54) is 0 Å². The number of carbonyl (C=O) groups excluding carboxylic acids is 2. The van der Waals surface area contributed by atoms with Crippen LogP contribution in [0.2, 0.25) is 0 Å². The van der Waals surface area contributed by atoms with Gasteiger partial charge in [-0.1, -0.05) is 38.1 Å². The van der Waals surface area contributed by atoms with E-state index in [0.29, 0.717) is 25.4 Å². The SMILES string of the molecule is CCOc1ccccc1C(CC(C)C)NC(=O)Cc1ccc2[nH]cc(CCC(=O)OC(C)(C)C)c2c1. The lowest BCUT2D eigenvalue weighted by atomic mass is 9.95. The number of H-pyrrole nitrogens is 1. The lowest BCUT2D eigenvalue weighted by molar-refractivity contribution is -0.154. The summed E-state index contributed by atoms with van der Waals surface area (Å²) in [4.78, 5) is 28.6. The highest BCUT2D eigenvalue weighted by molar-refractivity contribution is 5.86. The van der Waals surface area contributed by atoms with E-state index >= 15 is 0 Å². The molecule has 1 unspecified atom stereocenters. The van der Waals surface area contributed by atoms with E-state index < -0.39 is 5.60 Å². The van der Waals surface area contributed by atoms with Gasteiger partial charge < -0.3 is 19.8 Å². The molecule has 0 bridgehead atoms. The van der Waals surface area contributed by atoms with Crippen LogP contribution in [0.1, 0.15) is 77.1 Å². The molecule has 3 aromatic rings. The second kappa shape index (κ2) is 12.1. The highest BCUT2D eigenvalue weighted by atomic mass is 16.6. The Balaban J connectivity index is 1.72. The molecule has 6 nitrogen and oxygen atoms in total. The molecular formula is C30H40N2O4. The highest BCUT2D eigenvalue weighted by Gasteiger charge is 2.21. The number of hydrogen-bond donors (Lipinski definition) is 2. The number of para-hydroxylation sites is 1. The molecule has 1 amide bonds. The molecule has 0 spiro atoms. The van der Waals surface area contributed by atoms with Crippen LogP contribution in [0.15, 0.2) is 48.7 Å². The third kappa shape index (κ3) is 7.87. The molecule has 1 aromatic heterocycles. The van der Waals surface area contributed by atoms with Crippen molar-refractivity contribution in [3.05, 3.63) is 65.4 Å². The molecule has 6 heteroatoms. The zero-order valence-corrected chi connectivity index (χ0v) is 22.4. The fourth-order valence-electron chi connectivity index (χ4n) is 4.39. The third-order valence-electron chi connectivity index (χ3n) is 5.85. The van der Waals surface area contributed by atoms with Gasteiger partial charge in [0.1, 0.15) is 11.4 Å². The van der Waals surface area contributed by atoms with Crippen molar-refractivity contribution in [2.24, 2.45) is 5.92 Å². The predicted molar refractivity (Wildman–Crippen MR) is 144 cm³/mol. The maximum atomic E-state index is 13.1. The first-order chi connectivity index (χ1) is 17.1. The highest BCUT2D eigenvalue weighted by Crippen LogP contribution is 2.30. The zero-order chi connectivity index (χ0) is 26.3. The minimum Gasteiger partial charge on any atom is -0.494 e. The van der Waals surface area contributed by atoms with Crippen molar-refractivity contribution < 1.29 is 19.1 Å². The number of aromatic amines is 1. The molecule has 0 aliphatic rings. The smallest absolute Gasteiger partial charge is 0.306 e. The Kier molecular flexibility index (Phi) is 9.19. The lowest BCUT2D eigenvalue weighted by Gasteiger charge is -2.23. The summed E-state index contributed by atoms with van der Waals surface area (Å²) in [7, 11) is 0. The number of esters is 1. The third-order valence-corrected chi connectivity index (χ3v) is 5.85. The van der Waals surface area contributed by atoms with Crippen LogP contribution in [-0.2, 0) is 27.2 Å². The Labute approximate surface area is 214 Å². The quantitative estimate of drug-likeness (QED) is 0.308. The number of carbonyl (C=O) groups is 2. The molecule has 0 aliphatic carbocycles. The minimum atomic E-state index is -0.492. The molecule has 0 saturated heterocycles. The van der Waals surface area contributed by atoms with Crippen molar-refractivity contribution in [2.75, 3.05) is 6.61 Å². The molecule has 2 N–H and O–H groups in total. The summed E-state index contributed by atoms with van der Waals surface area (Å²) in [6.45, 7) is 12.5. The Hall–Kier alpha value is -3.28. The van der Waals surface area contributed by atoms with Gasteiger partial charge in [0.15, 0.2) is 0 Å². The van der Waals surface area contributed by atoms with Crippen molar-refractivity contribution >= 4 is 22.8 Å². The number of aromatic nitrogens is 1. The van der Waals surface area contributed by atoms with Gasteiger partial charge >= 0.3 is 5.97 Å². The fourth-order valence-corrected chi connectivity index (χ4v) is 4.39. The summed E-state index contributed by atoms with van der Waals surface area (Å²) in [6.07, 6.45) is 3.92. The number of fused-ring (bicyclic) bond motifs is 1.